The molecular formula is C18H14Cl2N6O2S2. The number of carbonyl (C=O) groups is 1. The number of thiazole rings is 1. The van der Waals surface area contributed by atoms with Crippen molar-refractivity contribution < 1.29 is 9.53 Å². The normalized spacial score (nSPS) is 11.1. The molecule has 0 unspecified atom stereocenters. The minimum atomic E-state index is -0.528. The van der Waals surface area contributed by atoms with Crippen LogP contribution < -0.4 is 5.32 Å². The van der Waals surface area contributed by atoms with Gasteiger partial charge in [-0.3, -0.25) is 0 Å². The minimum absolute atomic E-state index is 0.200. The SMILES string of the molecule is CCOC(=O)c1cnc(SC)nc1Nc1nc2scc(-c3cc(Cl)ccc3Cl)n2n1. The Balaban J connectivity index is 1.73. The molecule has 0 aliphatic carbocycles. The van der Waals surface area contributed by atoms with E-state index in [4.69, 9.17) is 27.9 Å². The number of nitrogens with one attached hydrogen (secondary N) is 1. The van der Waals surface area contributed by atoms with Crippen LogP contribution in [-0.2, 0) is 4.74 Å². The fourth-order valence-electron chi connectivity index (χ4n) is 2.64. The number of hydrogen-bond donors (Lipinski definition) is 1. The molecule has 12 heteroatoms. The smallest absolute Gasteiger partial charge is 0.343 e. The van der Waals surface area contributed by atoms with Gasteiger partial charge in [-0.15, -0.1) is 16.4 Å². The Morgan fingerprint density at radius 1 is 1.33 bits per heavy atom. The van der Waals surface area contributed by atoms with Gasteiger partial charge in [0, 0.05) is 22.2 Å². The van der Waals surface area contributed by atoms with E-state index in [0.717, 1.165) is 11.3 Å². The van der Waals surface area contributed by atoms with E-state index in [9.17, 15) is 4.79 Å². The second kappa shape index (κ2) is 8.76. The fourth-order valence-corrected chi connectivity index (χ4v) is 4.19. The van der Waals surface area contributed by atoms with E-state index in [-0.39, 0.29) is 23.9 Å². The number of fused-ring (bicyclic) bond motifs is 1. The quantitative estimate of drug-likeness (QED) is 0.228. The molecule has 0 spiro atoms. The van der Waals surface area contributed by atoms with Crippen molar-refractivity contribution in [3.8, 4) is 11.3 Å². The van der Waals surface area contributed by atoms with Crippen LogP contribution in [0.15, 0.2) is 34.9 Å². The first-order valence-corrected chi connectivity index (χ1v) is 11.5. The lowest BCUT2D eigenvalue weighted by Crippen LogP contribution is -2.11. The predicted octanol–water partition coefficient (Wildman–Crippen LogP) is 5.20. The van der Waals surface area contributed by atoms with Gasteiger partial charge < -0.3 is 10.1 Å². The highest BCUT2D eigenvalue weighted by Crippen LogP contribution is 2.33. The maximum absolute atomic E-state index is 12.3. The number of carbonyl (C=O) groups excluding carboxylic acids is 1. The van der Waals surface area contributed by atoms with Gasteiger partial charge in [0.15, 0.2) is 11.0 Å². The Morgan fingerprint density at radius 2 is 2.17 bits per heavy atom. The van der Waals surface area contributed by atoms with Crippen molar-refractivity contribution in [1.29, 1.82) is 0 Å². The van der Waals surface area contributed by atoms with Crippen LogP contribution in [0.2, 0.25) is 10.0 Å². The summed E-state index contributed by atoms with van der Waals surface area (Å²) in [4.78, 5) is 25.9. The molecule has 0 amide bonds. The van der Waals surface area contributed by atoms with Gasteiger partial charge in [0.2, 0.25) is 10.9 Å². The highest BCUT2D eigenvalue weighted by atomic mass is 35.5. The number of esters is 1. The molecule has 154 valence electrons. The highest BCUT2D eigenvalue weighted by molar-refractivity contribution is 7.98. The molecule has 30 heavy (non-hydrogen) atoms. The van der Waals surface area contributed by atoms with Crippen LogP contribution in [-0.4, -0.2) is 43.4 Å². The van der Waals surface area contributed by atoms with Gasteiger partial charge in [0.1, 0.15) is 5.56 Å². The zero-order valence-electron chi connectivity index (χ0n) is 15.7. The highest BCUT2D eigenvalue weighted by Gasteiger charge is 2.19. The average molecular weight is 481 g/mol. The molecule has 0 bridgehead atoms. The Hall–Kier alpha value is -2.40. The predicted molar refractivity (Wildman–Crippen MR) is 119 cm³/mol. The van der Waals surface area contributed by atoms with E-state index >= 15 is 0 Å². The van der Waals surface area contributed by atoms with E-state index in [1.807, 2.05) is 11.6 Å². The molecule has 0 aliphatic heterocycles. The topological polar surface area (TPSA) is 94.3 Å². The zero-order chi connectivity index (χ0) is 21.3. The third-order valence-electron chi connectivity index (χ3n) is 3.96. The molecule has 4 aromatic rings. The van der Waals surface area contributed by atoms with Crippen molar-refractivity contribution in [1.82, 2.24) is 24.6 Å². The van der Waals surface area contributed by atoms with Crippen molar-refractivity contribution in [2.24, 2.45) is 0 Å². The summed E-state index contributed by atoms with van der Waals surface area (Å²) in [5.74, 6) is 0.0195. The maximum atomic E-state index is 12.3. The lowest BCUT2D eigenvalue weighted by atomic mass is 10.2. The van der Waals surface area contributed by atoms with Crippen molar-refractivity contribution in [3.63, 3.8) is 0 Å². The molecule has 0 aliphatic rings. The third-order valence-corrected chi connectivity index (χ3v) is 5.90. The number of halogens is 2. The standard InChI is InChI=1S/C18H14Cl2N6O2S2/c1-3-28-15(27)11-7-21-17(29-2)23-14(11)22-16-24-18-26(25-16)13(8-30-18)10-6-9(19)4-5-12(10)20/h4-8H,3H2,1-2H3,(H,21,22,23,25). The first-order chi connectivity index (χ1) is 14.5. The molecule has 8 nitrogen and oxygen atoms in total. The lowest BCUT2D eigenvalue weighted by Gasteiger charge is -2.08. The summed E-state index contributed by atoms with van der Waals surface area (Å²) in [5, 5.41) is 11.0. The van der Waals surface area contributed by atoms with Gasteiger partial charge in [-0.05, 0) is 31.4 Å². The van der Waals surface area contributed by atoms with Crippen molar-refractivity contribution >= 4 is 69.0 Å². The number of rotatable bonds is 6. The Kier molecular flexibility index (Phi) is 6.09. The van der Waals surface area contributed by atoms with E-state index in [2.05, 4.69) is 25.4 Å². The summed E-state index contributed by atoms with van der Waals surface area (Å²) in [5.41, 5.74) is 1.69. The average Bonchev–Trinajstić information content (AvgIpc) is 3.30. The molecule has 3 aromatic heterocycles. The van der Waals surface area contributed by atoms with E-state index in [0.29, 0.717) is 20.2 Å². The number of benzene rings is 1. The van der Waals surface area contributed by atoms with Crippen molar-refractivity contribution in [3.05, 3.63) is 45.4 Å². The molecule has 3 heterocycles. The van der Waals surface area contributed by atoms with Crippen LogP contribution in [0.25, 0.3) is 16.2 Å². The molecule has 1 N–H and O–H groups in total. The molecule has 0 atom stereocenters. The molecular weight excluding hydrogens is 467 g/mol. The second-order valence-corrected chi connectivity index (χ2v) is 8.29. The largest absolute Gasteiger partial charge is 0.462 e. The van der Waals surface area contributed by atoms with Crippen LogP contribution in [0.4, 0.5) is 11.8 Å². The lowest BCUT2D eigenvalue weighted by molar-refractivity contribution is 0.0526. The summed E-state index contributed by atoms with van der Waals surface area (Å²) in [6.07, 6.45) is 3.27. The Bertz CT molecular complexity index is 1240. The zero-order valence-corrected chi connectivity index (χ0v) is 18.9. The van der Waals surface area contributed by atoms with E-state index in [1.165, 1.54) is 29.3 Å². The van der Waals surface area contributed by atoms with Gasteiger partial charge in [0.25, 0.3) is 0 Å². The van der Waals surface area contributed by atoms with Gasteiger partial charge in [-0.2, -0.15) is 4.98 Å². The van der Waals surface area contributed by atoms with Crippen molar-refractivity contribution in [2.75, 3.05) is 18.2 Å². The molecule has 0 radical (unpaired) electrons. The summed E-state index contributed by atoms with van der Waals surface area (Å²) >= 11 is 15.2. The minimum Gasteiger partial charge on any atom is -0.462 e. The van der Waals surface area contributed by atoms with Crippen LogP contribution in [0.3, 0.4) is 0 Å². The number of ether oxygens (including phenoxy) is 1. The third kappa shape index (κ3) is 4.08. The van der Waals surface area contributed by atoms with Gasteiger partial charge >= 0.3 is 5.97 Å². The fraction of sp³-hybridized carbons (Fsp3) is 0.167. The first kappa shape index (κ1) is 20.9. The second-order valence-electron chi connectivity index (χ2n) is 5.84. The monoisotopic (exact) mass is 480 g/mol. The van der Waals surface area contributed by atoms with Crippen LogP contribution in [0.1, 0.15) is 17.3 Å². The maximum Gasteiger partial charge on any atom is 0.343 e. The molecule has 0 saturated heterocycles. The Labute approximate surface area is 189 Å². The summed E-state index contributed by atoms with van der Waals surface area (Å²) in [7, 11) is 0. The van der Waals surface area contributed by atoms with Crippen LogP contribution in [0, 0.1) is 0 Å². The van der Waals surface area contributed by atoms with Crippen LogP contribution in [0.5, 0.6) is 0 Å². The number of aromatic nitrogens is 5. The summed E-state index contributed by atoms with van der Waals surface area (Å²) in [6, 6.07) is 5.23. The number of anilines is 2. The van der Waals surface area contributed by atoms with Crippen LogP contribution >= 0.6 is 46.3 Å². The summed E-state index contributed by atoms with van der Waals surface area (Å²) < 4.78 is 6.75. The first-order valence-electron chi connectivity index (χ1n) is 8.65. The molecule has 1 aromatic carbocycles. The van der Waals surface area contributed by atoms with Gasteiger partial charge in [-0.25, -0.2) is 19.3 Å². The molecule has 0 saturated carbocycles. The van der Waals surface area contributed by atoms with Crippen molar-refractivity contribution in [2.45, 2.75) is 12.1 Å². The summed E-state index contributed by atoms with van der Waals surface area (Å²) in [6.45, 7) is 1.97. The van der Waals surface area contributed by atoms with E-state index in [1.54, 1.807) is 29.6 Å². The van der Waals surface area contributed by atoms with Gasteiger partial charge in [-0.1, -0.05) is 35.0 Å². The van der Waals surface area contributed by atoms with E-state index < -0.39 is 5.97 Å². The molecule has 4 rings (SSSR count). The number of thioether (sulfide) groups is 1. The van der Waals surface area contributed by atoms with Gasteiger partial charge in [0.05, 0.1) is 17.3 Å². The molecule has 0 fully saturated rings. The number of hydrogen-bond acceptors (Lipinski definition) is 9. The number of nitrogens with zero attached hydrogens (tertiary/aromatic N) is 5. The Morgan fingerprint density at radius 3 is 2.93 bits per heavy atom.